The lowest BCUT2D eigenvalue weighted by Crippen LogP contribution is -2.36. The summed E-state index contributed by atoms with van der Waals surface area (Å²) in [7, 11) is -3.28. The number of hydrogen-bond acceptors (Lipinski definition) is 2. The third-order valence-corrected chi connectivity index (χ3v) is 2.31. The zero-order valence-electron chi connectivity index (χ0n) is 7.35. The molecule has 0 radical (unpaired) electrons. The van der Waals surface area contributed by atoms with Gasteiger partial charge in [-0.2, -0.15) is 8.42 Å². The molecule has 0 heterocycles. The van der Waals surface area contributed by atoms with Crippen molar-refractivity contribution in [2.75, 3.05) is 13.1 Å². The molecular formula is C7H14N2O2S. The minimum Gasteiger partial charge on any atom is -0.203 e. The minimum atomic E-state index is -3.28. The van der Waals surface area contributed by atoms with Crippen molar-refractivity contribution in [1.29, 1.82) is 0 Å². The maximum atomic E-state index is 10.9. The Labute approximate surface area is 73.9 Å². The topological polar surface area (TPSA) is 58.2 Å². The van der Waals surface area contributed by atoms with Crippen LogP contribution in [-0.4, -0.2) is 21.5 Å². The molecule has 0 aromatic rings. The van der Waals surface area contributed by atoms with E-state index in [-0.39, 0.29) is 0 Å². The molecule has 0 bridgehead atoms. The average Bonchev–Trinajstić information content (AvgIpc) is 1.98. The third kappa shape index (κ3) is 6.16. The Morgan fingerprint density at radius 2 is 2.00 bits per heavy atom. The van der Waals surface area contributed by atoms with Gasteiger partial charge in [0.25, 0.3) is 10.2 Å². The van der Waals surface area contributed by atoms with Crippen molar-refractivity contribution in [2.24, 2.45) is 0 Å². The van der Waals surface area contributed by atoms with Crippen LogP contribution in [-0.2, 0) is 10.2 Å². The zero-order valence-corrected chi connectivity index (χ0v) is 8.16. The second-order valence-corrected chi connectivity index (χ2v) is 3.66. The van der Waals surface area contributed by atoms with Crippen molar-refractivity contribution in [3.8, 4) is 11.8 Å². The summed E-state index contributed by atoms with van der Waals surface area (Å²) in [6, 6.07) is 0. The van der Waals surface area contributed by atoms with Crippen LogP contribution < -0.4 is 9.44 Å². The molecule has 4 nitrogen and oxygen atoms in total. The van der Waals surface area contributed by atoms with Gasteiger partial charge in [-0.25, -0.2) is 9.44 Å². The predicted molar refractivity (Wildman–Crippen MR) is 48.7 cm³/mol. The molecule has 0 fully saturated rings. The standard InChI is InChI=1S/C7H14N2O2S/c1-3-5-6-7-9-12(10,11)8-4-2/h8-9H,4,6-7H2,1-2H3. The molecule has 5 heteroatoms. The van der Waals surface area contributed by atoms with Crippen molar-refractivity contribution in [1.82, 2.24) is 9.44 Å². The van der Waals surface area contributed by atoms with Gasteiger partial charge < -0.3 is 0 Å². The zero-order chi connectivity index (χ0) is 9.45. The molecule has 2 N–H and O–H groups in total. The van der Waals surface area contributed by atoms with E-state index in [0.29, 0.717) is 19.5 Å². The van der Waals surface area contributed by atoms with Crippen LogP contribution in [0, 0.1) is 11.8 Å². The van der Waals surface area contributed by atoms with Gasteiger partial charge in [-0.15, -0.1) is 11.8 Å². The summed E-state index contributed by atoms with van der Waals surface area (Å²) in [5, 5.41) is 0. The first-order chi connectivity index (χ1) is 5.62. The monoisotopic (exact) mass is 190 g/mol. The molecule has 0 aliphatic rings. The number of hydrogen-bond donors (Lipinski definition) is 2. The largest absolute Gasteiger partial charge is 0.276 e. The Kier molecular flexibility index (Phi) is 5.72. The van der Waals surface area contributed by atoms with Crippen molar-refractivity contribution in [3.05, 3.63) is 0 Å². The second-order valence-electron chi connectivity index (χ2n) is 2.07. The van der Waals surface area contributed by atoms with Crippen LogP contribution in [0.4, 0.5) is 0 Å². The van der Waals surface area contributed by atoms with E-state index in [1.165, 1.54) is 0 Å². The van der Waals surface area contributed by atoms with E-state index in [2.05, 4.69) is 21.3 Å². The van der Waals surface area contributed by atoms with Crippen molar-refractivity contribution in [2.45, 2.75) is 20.3 Å². The summed E-state index contributed by atoms with van der Waals surface area (Å²) >= 11 is 0. The lowest BCUT2D eigenvalue weighted by atomic mass is 10.4. The van der Waals surface area contributed by atoms with Gasteiger partial charge in [0.2, 0.25) is 0 Å². The summed E-state index contributed by atoms with van der Waals surface area (Å²) in [6.45, 7) is 4.20. The van der Waals surface area contributed by atoms with Crippen LogP contribution in [0.25, 0.3) is 0 Å². The van der Waals surface area contributed by atoms with Crippen LogP contribution in [0.15, 0.2) is 0 Å². The Morgan fingerprint density at radius 3 is 2.50 bits per heavy atom. The first-order valence-corrected chi connectivity index (χ1v) is 5.24. The molecule has 0 aromatic heterocycles. The lowest BCUT2D eigenvalue weighted by molar-refractivity contribution is 0.569. The first-order valence-electron chi connectivity index (χ1n) is 3.76. The number of rotatable bonds is 5. The molecule has 0 atom stereocenters. The van der Waals surface area contributed by atoms with E-state index < -0.39 is 10.2 Å². The maximum absolute atomic E-state index is 10.9. The molecule has 0 spiro atoms. The Hall–Kier alpha value is -0.570. The van der Waals surface area contributed by atoms with Crippen molar-refractivity contribution < 1.29 is 8.42 Å². The first kappa shape index (κ1) is 11.4. The van der Waals surface area contributed by atoms with E-state index in [1.54, 1.807) is 13.8 Å². The highest BCUT2D eigenvalue weighted by molar-refractivity contribution is 7.87. The van der Waals surface area contributed by atoms with Crippen molar-refractivity contribution in [3.63, 3.8) is 0 Å². The van der Waals surface area contributed by atoms with E-state index in [0.717, 1.165) is 0 Å². The fraction of sp³-hybridized carbons (Fsp3) is 0.714. The highest BCUT2D eigenvalue weighted by Crippen LogP contribution is 1.78. The predicted octanol–water partition coefficient (Wildman–Crippen LogP) is -0.156. The lowest BCUT2D eigenvalue weighted by Gasteiger charge is -2.03. The molecule has 0 unspecified atom stereocenters. The van der Waals surface area contributed by atoms with Gasteiger partial charge in [0.05, 0.1) is 0 Å². The smallest absolute Gasteiger partial charge is 0.203 e. The van der Waals surface area contributed by atoms with Crippen LogP contribution >= 0.6 is 0 Å². The van der Waals surface area contributed by atoms with Gasteiger partial charge >= 0.3 is 0 Å². The Bertz CT molecular complexity index is 261. The molecule has 0 saturated carbocycles. The van der Waals surface area contributed by atoms with E-state index in [1.807, 2.05) is 0 Å². The van der Waals surface area contributed by atoms with Crippen LogP contribution in [0.3, 0.4) is 0 Å². The van der Waals surface area contributed by atoms with Crippen LogP contribution in [0.1, 0.15) is 20.3 Å². The summed E-state index contributed by atoms with van der Waals surface area (Å²) in [5.74, 6) is 5.44. The molecule has 0 amide bonds. The number of nitrogens with one attached hydrogen (secondary N) is 2. The SMILES string of the molecule is CC#CCCNS(=O)(=O)NCC. The quantitative estimate of drug-likeness (QED) is 0.467. The molecule has 12 heavy (non-hydrogen) atoms. The normalized spacial score (nSPS) is 10.5. The molecule has 70 valence electrons. The van der Waals surface area contributed by atoms with Gasteiger partial charge in [0.1, 0.15) is 0 Å². The van der Waals surface area contributed by atoms with Crippen molar-refractivity contribution >= 4 is 10.2 Å². The third-order valence-electron chi connectivity index (χ3n) is 1.05. The summed E-state index contributed by atoms with van der Waals surface area (Å²) < 4.78 is 26.5. The molecule has 0 aliphatic heterocycles. The highest BCUT2D eigenvalue weighted by Gasteiger charge is 2.04. The molecule has 0 saturated heterocycles. The summed E-state index contributed by atoms with van der Waals surface area (Å²) in [6.07, 6.45) is 0.543. The van der Waals surface area contributed by atoms with Gasteiger partial charge in [-0.1, -0.05) is 6.92 Å². The highest BCUT2D eigenvalue weighted by atomic mass is 32.2. The molecule has 0 rings (SSSR count). The summed E-state index contributed by atoms with van der Waals surface area (Å²) in [5.41, 5.74) is 0. The van der Waals surface area contributed by atoms with E-state index in [9.17, 15) is 8.42 Å². The average molecular weight is 190 g/mol. The van der Waals surface area contributed by atoms with Gasteiger partial charge in [0.15, 0.2) is 0 Å². The van der Waals surface area contributed by atoms with Gasteiger partial charge in [-0.3, -0.25) is 0 Å². The maximum Gasteiger partial charge on any atom is 0.276 e. The van der Waals surface area contributed by atoms with Gasteiger partial charge in [-0.05, 0) is 6.92 Å². The van der Waals surface area contributed by atoms with Crippen LogP contribution in [0.2, 0.25) is 0 Å². The molecule has 0 aliphatic carbocycles. The minimum absolute atomic E-state index is 0.357. The fourth-order valence-corrected chi connectivity index (χ4v) is 1.47. The van der Waals surface area contributed by atoms with E-state index >= 15 is 0 Å². The Morgan fingerprint density at radius 1 is 1.33 bits per heavy atom. The molecular weight excluding hydrogens is 176 g/mol. The summed E-state index contributed by atoms with van der Waals surface area (Å²) in [4.78, 5) is 0. The van der Waals surface area contributed by atoms with Crippen LogP contribution in [0.5, 0.6) is 0 Å². The van der Waals surface area contributed by atoms with E-state index in [4.69, 9.17) is 0 Å². The Balaban J connectivity index is 3.67. The van der Waals surface area contributed by atoms with Gasteiger partial charge in [0, 0.05) is 19.5 Å². The second kappa shape index (κ2) is 6.00. The molecule has 0 aromatic carbocycles. The fourth-order valence-electron chi connectivity index (χ4n) is 0.614.